The number of aromatic nitrogens is 2. The van der Waals surface area contributed by atoms with Gasteiger partial charge in [-0.1, -0.05) is 42.0 Å². The van der Waals surface area contributed by atoms with Crippen LogP contribution in [-0.4, -0.2) is 21.4 Å². The quantitative estimate of drug-likeness (QED) is 0.788. The first-order chi connectivity index (χ1) is 12.6. The first-order valence-corrected chi connectivity index (χ1v) is 8.74. The molecule has 0 unspecified atom stereocenters. The zero-order chi connectivity index (χ0) is 18.1. The van der Waals surface area contributed by atoms with E-state index in [0.717, 1.165) is 34.5 Å². The van der Waals surface area contributed by atoms with Crippen LogP contribution in [0.3, 0.4) is 0 Å². The Morgan fingerprint density at radius 3 is 2.77 bits per heavy atom. The van der Waals surface area contributed by atoms with Gasteiger partial charge in [-0.05, 0) is 31.0 Å². The molecule has 5 heteroatoms. The number of rotatable bonds is 3. The van der Waals surface area contributed by atoms with E-state index >= 15 is 0 Å². The van der Waals surface area contributed by atoms with Crippen LogP contribution in [-0.2, 0) is 19.5 Å². The van der Waals surface area contributed by atoms with Gasteiger partial charge < -0.3 is 4.98 Å². The van der Waals surface area contributed by atoms with Crippen molar-refractivity contribution in [3.63, 3.8) is 0 Å². The normalized spacial score (nSPS) is 14.2. The van der Waals surface area contributed by atoms with Crippen molar-refractivity contribution in [2.45, 2.75) is 26.4 Å². The summed E-state index contributed by atoms with van der Waals surface area (Å²) in [6.07, 6.45) is 0.654. The molecule has 0 atom stereocenters. The largest absolute Gasteiger partial charge is 0.306 e. The molecule has 4 rings (SSSR count). The lowest BCUT2D eigenvalue weighted by atomic mass is 10.0. The van der Waals surface area contributed by atoms with Gasteiger partial charge in [-0.3, -0.25) is 9.69 Å². The summed E-state index contributed by atoms with van der Waals surface area (Å²) in [6, 6.07) is 14.6. The molecule has 0 aliphatic carbocycles. The van der Waals surface area contributed by atoms with Gasteiger partial charge in [0.05, 0.1) is 5.69 Å². The van der Waals surface area contributed by atoms with Gasteiger partial charge in [-0.2, -0.15) is 0 Å². The minimum Gasteiger partial charge on any atom is -0.306 e. The number of nitrogens with zero attached hydrogens (tertiary/aromatic N) is 2. The molecule has 3 aromatic rings. The number of aromatic amines is 1. The van der Waals surface area contributed by atoms with Gasteiger partial charge in [0.15, 0.2) is 0 Å². The molecule has 0 saturated heterocycles. The highest BCUT2D eigenvalue weighted by molar-refractivity contribution is 5.55. The molecular formula is C21H20FN3O. The van der Waals surface area contributed by atoms with E-state index in [0.29, 0.717) is 25.3 Å². The molecule has 1 aromatic heterocycles. The lowest BCUT2D eigenvalue weighted by Crippen LogP contribution is -2.35. The summed E-state index contributed by atoms with van der Waals surface area (Å²) in [7, 11) is 0. The predicted octanol–water partition coefficient (Wildman–Crippen LogP) is 3.44. The number of fused-ring (bicyclic) bond motifs is 1. The van der Waals surface area contributed by atoms with Crippen LogP contribution in [0.2, 0.25) is 0 Å². The topological polar surface area (TPSA) is 49.0 Å². The summed E-state index contributed by atoms with van der Waals surface area (Å²) < 4.78 is 13.4. The maximum absolute atomic E-state index is 13.4. The van der Waals surface area contributed by atoms with Gasteiger partial charge in [0, 0.05) is 30.8 Å². The molecule has 0 fully saturated rings. The monoisotopic (exact) mass is 349 g/mol. The Balaban J connectivity index is 1.61. The van der Waals surface area contributed by atoms with Crippen molar-refractivity contribution in [2.24, 2.45) is 0 Å². The van der Waals surface area contributed by atoms with E-state index in [1.54, 1.807) is 12.1 Å². The average Bonchev–Trinajstić information content (AvgIpc) is 2.62. The van der Waals surface area contributed by atoms with E-state index in [1.807, 2.05) is 37.3 Å². The van der Waals surface area contributed by atoms with Crippen molar-refractivity contribution in [3.05, 3.63) is 87.1 Å². The fourth-order valence-electron chi connectivity index (χ4n) is 3.37. The highest BCUT2D eigenvalue weighted by Crippen LogP contribution is 2.20. The standard InChI is InChI=1S/C21H20FN3O/c1-14-5-7-16(8-6-14)20-23-19-13-25(10-9-18(19)21(26)24-20)12-15-3-2-4-17(22)11-15/h2-8,11H,9-10,12-13H2,1H3,(H,23,24,26). The summed E-state index contributed by atoms with van der Waals surface area (Å²) in [5, 5.41) is 0. The van der Waals surface area contributed by atoms with E-state index < -0.39 is 0 Å². The van der Waals surface area contributed by atoms with Gasteiger partial charge in [0.25, 0.3) is 5.56 Å². The Kier molecular flexibility index (Phi) is 4.39. The molecule has 4 nitrogen and oxygen atoms in total. The summed E-state index contributed by atoms with van der Waals surface area (Å²) in [5.41, 5.74) is 4.50. The van der Waals surface area contributed by atoms with Crippen molar-refractivity contribution >= 4 is 0 Å². The highest BCUT2D eigenvalue weighted by atomic mass is 19.1. The lowest BCUT2D eigenvalue weighted by Gasteiger charge is -2.27. The molecule has 26 heavy (non-hydrogen) atoms. The third-order valence-electron chi connectivity index (χ3n) is 4.77. The molecule has 1 N–H and O–H groups in total. The number of hydrogen-bond donors (Lipinski definition) is 1. The van der Waals surface area contributed by atoms with Gasteiger partial charge >= 0.3 is 0 Å². The van der Waals surface area contributed by atoms with E-state index in [1.165, 1.54) is 6.07 Å². The van der Waals surface area contributed by atoms with E-state index in [9.17, 15) is 9.18 Å². The number of aryl methyl sites for hydroxylation is 1. The van der Waals surface area contributed by atoms with E-state index in [4.69, 9.17) is 4.98 Å². The van der Waals surface area contributed by atoms with Gasteiger partial charge in [0.1, 0.15) is 11.6 Å². The second kappa shape index (κ2) is 6.84. The fraction of sp³-hybridized carbons (Fsp3) is 0.238. The summed E-state index contributed by atoms with van der Waals surface area (Å²) in [6.45, 7) is 4.02. The first-order valence-electron chi connectivity index (χ1n) is 8.74. The maximum atomic E-state index is 13.4. The summed E-state index contributed by atoms with van der Waals surface area (Å²) in [5.74, 6) is 0.373. The molecule has 2 aromatic carbocycles. The van der Waals surface area contributed by atoms with E-state index in [-0.39, 0.29) is 11.4 Å². The van der Waals surface area contributed by atoms with Gasteiger partial charge in [0.2, 0.25) is 0 Å². The number of H-pyrrole nitrogens is 1. The van der Waals surface area contributed by atoms with Crippen LogP contribution in [0, 0.1) is 12.7 Å². The number of hydrogen-bond acceptors (Lipinski definition) is 3. The van der Waals surface area contributed by atoms with Crippen LogP contribution in [0.4, 0.5) is 4.39 Å². The molecule has 0 spiro atoms. The van der Waals surface area contributed by atoms with Crippen molar-refractivity contribution in [3.8, 4) is 11.4 Å². The fourth-order valence-corrected chi connectivity index (χ4v) is 3.37. The van der Waals surface area contributed by atoms with Crippen LogP contribution >= 0.6 is 0 Å². The smallest absolute Gasteiger partial charge is 0.254 e. The number of nitrogens with one attached hydrogen (secondary N) is 1. The Morgan fingerprint density at radius 2 is 2.00 bits per heavy atom. The number of halogens is 1. The lowest BCUT2D eigenvalue weighted by molar-refractivity contribution is 0.240. The molecule has 2 heterocycles. The maximum Gasteiger partial charge on any atom is 0.254 e. The van der Waals surface area contributed by atoms with Crippen LogP contribution in [0.15, 0.2) is 53.3 Å². The van der Waals surface area contributed by atoms with Crippen LogP contribution < -0.4 is 5.56 Å². The zero-order valence-electron chi connectivity index (χ0n) is 14.6. The summed E-state index contributed by atoms with van der Waals surface area (Å²) >= 11 is 0. The van der Waals surface area contributed by atoms with Gasteiger partial charge in [-0.15, -0.1) is 0 Å². The Labute approximate surface area is 151 Å². The summed E-state index contributed by atoms with van der Waals surface area (Å²) in [4.78, 5) is 22.3. The molecule has 1 aliphatic heterocycles. The molecule has 1 aliphatic rings. The second-order valence-corrected chi connectivity index (χ2v) is 6.80. The van der Waals surface area contributed by atoms with Crippen molar-refractivity contribution < 1.29 is 4.39 Å². The van der Waals surface area contributed by atoms with Crippen LogP contribution in [0.5, 0.6) is 0 Å². The van der Waals surface area contributed by atoms with Crippen LogP contribution in [0.1, 0.15) is 22.4 Å². The average molecular weight is 349 g/mol. The zero-order valence-corrected chi connectivity index (χ0v) is 14.6. The van der Waals surface area contributed by atoms with Gasteiger partial charge in [-0.25, -0.2) is 9.37 Å². The van der Waals surface area contributed by atoms with Crippen molar-refractivity contribution in [1.82, 2.24) is 14.9 Å². The van der Waals surface area contributed by atoms with Crippen molar-refractivity contribution in [1.29, 1.82) is 0 Å². The molecule has 132 valence electrons. The molecular weight excluding hydrogens is 329 g/mol. The van der Waals surface area contributed by atoms with Crippen LogP contribution in [0.25, 0.3) is 11.4 Å². The predicted molar refractivity (Wildman–Crippen MR) is 99.2 cm³/mol. The highest BCUT2D eigenvalue weighted by Gasteiger charge is 2.21. The minimum absolute atomic E-state index is 0.0593. The molecule has 0 amide bonds. The molecule has 0 bridgehead atoms. The molecule has 0 saturated carbocycles. The number of benzene rings is 2. The second-order valence-electron chi connectivity index (χ2n) is 6.80. The Morgan fingerprint density at radius 1 is 1.19 bits per heavy atom. The third-order valence-corrected chi connectivity index (χ3v) is 4.77. The first kappa shape index (κ1) is 16.7. The third kappa shape index (κ3) is 3.44. The van der Waals surface area contributed by atoms with E-state index in [2.05, 4.69) is 9.88 Å². The Bertz CT molecular complexity index is 995. The molecule has 0 radical (unpaired) electrons. The SMILES string of the molecule is Cc1ccc(-c2nc3c(c(=O)[nH]2)CCN(Cc2cccc(F)c2)C3)cc1. The Hall–Kier alpha value is -2.79. The van der Waals surface area contributed by atoms with Crippen molar-refractivity contribution in [2.75, 3.05) is 6.54 Å². The minimum atomic E-state index is -0.226.